The van der Waals surface area contributed by atoms with Crippen molar-refractivity contribution in [3.05, 3.63) is 41.0 Å². The normalized spacial score (nSPS) is 11.1. The van der Waals surface area contributed by atoms with Gasteiger partial charge in [0, 0.05) is 6.54 Å². The second kappa shape index (κ2) is 6.12. The van der Waals surface area contributed by atoms with E-state index in [2.05, 4.69) is 44.8 Å². The molecule has 0 aliphatic heterocycles. The van der Waals surface area contributed by atoms with Crippen LogP contribution in [0.3, 0.4) is 0 Å². The lowest BCUT2D eigenvalue weighted by molar-refractivity contribution is 0.0535. The van der Waals surface area contributed by atoms with Crippen LogP contribution in [-0.4, -0.2) is 18.2 Å². The molecule has 0 atom stereocenters. The molecule has 0 unspecified atom stereocenters. The van der Waals surface area contributed by atoms with Crippen molar-refractivity contribution in [3.63, 3.8) is 0 Å². The third kappa shape index (κ3) is 4.72. The number of rotatable bonds is 3. The molecular weight excluding hydrogens is 250 g/mol. The Morgan fingerprint density at radius 3 is 2.40 bits per heavy atom. The minimum Gasteiger partial charge on any atom is -0.444 e. The van der Waals surface area contributed by atoms with Gasteiger partial charge in [0.05, 0.1) is 0 Å². The number of ether oxygens (including phenoxy) is 1. The molecule has 1 N–H and O–H groups in total. The minimum absolute atomic E-state index is 0.388. The van der Waals surface area contributed by atoms with Gasteiger partial charge in [0.1, 0.15) is 5.60 Å². The summed E-state index contributed by atoms with van der Waals surface area (Å²) in [6.45, 7) is 16.2. The molecule has 0 saturated carbocycles. The van der Waals surface area contributed by atoms with Gasteiger partial charge < -0.3 is 10.1 Å². The van der Waals surface area contributed by atoms with Crippen molar-refractivity contribution in [2.45, 2.75) is 47.1 Å². The number of hydrogen-bond acceptors (Lipinski definition) is 2. The summed E-state index contributed by atoms with van der Waals surface area (Å²) in [5.74, 6) is 0. The Labute approximate surface area is 122 Å². The van der Waals surface area contributed by atoms with Gasteiger partial charge in [0.15, 0.2) is 0 Å². The first kappa shape index (κ1) is 16.3. The van der Waals surface area contributed by atoms with Gasteiger partial charge in [-0.3, -0.25) is 0 Å². The maximum Gasteiger partial charge on any atom is 0.407 e. The molecule has 1 aromatic carbocycles. The Kier molecular flexibility index (Phi) is 4.98. The molecule has 0 heterocycles. The second-order valence-corrected chi connectivity index (χ2v) is 6.21. The zero-order valence-electron chi connectivity index (χ0n) is 13.4. The maximum absolute atomic E-state index is 11.6. The minimum atomic E-state index is -0.485. The van der Waals surface area contributed by atoms with Crippen LogP contribution < -0.4 is 5.32 Å². The highest BCUT2D eigenvalue weighted by Crippen LogP contribution is 2.22. The zero-order valence-corrected chi connectivity index (χ0v) is 13.4. The predicted molar refractivity (Wildman–Crippen MR) is 83.9 cm³/mol. The molecule has 0 saturated heterocycles. The summed E-state index contributed by atoms with van der Waals surface area (Å²) in [4.78, 5) is 11.6. The molecule has 0 spiro atoms. The number of amides is 1. The third-order valence-corrected chi connectivity index (χ3v) is 3.04. The molecule has 1 rings (SSSR count). The van der Waals surface area contributed by atoms with Crippen LogP contribution in [0.4, 0.5) is 4.79 Å². The van der Waals surface area contributed by atoms with E-state index in [4.69, 9.17) is 4.74 Å². The van der Waals surface area contributed by atoms with Crippen molar-refractivity contribution in [1.82, 2.24) is 5.32 Å². The highest BCUT2D eigenvalue weighted by atomic mass is 16.6. The van der Waals surface area contributed by atoms with Crippen LogP contribution in [-0.2, 0) is 4.74 Å². The van der Waals surface area contributed by atoms with Crippen LogP contribution in [0.5, 0.6) is 0 Å². The number of carbonyl (C=O) groups is 1. The molecule has 110 valence electrons. The van der Waals surface area contributed by atoms with Crippen LogP contribution in [0.2, 0.25) is 0 Å². The molecule has 0 bridgehead atoms. The highest BCUT2D eigenvalue weighted by molar-refractivity contribution is 5.74. The lowest BCUT2D eigenvalue weighted by Crippen LogP contribution is -2.33. The standard InChI is InChI=1S/C17H25NO2/c1-11-8-12(2)14(4)15(9-11)13(3)10-18-16(19)20-17(5,6)7/h8-9H,3,10H2,1-2,4-7H3,(H,18,19). The third-order valence-electron chi connectivity index (χ3n) is 3.04. The number of hydrogen-bond donors (Lipinski definition) is 1. The van der Waals surface area contributed by atoms with Crippen molar-refractivity contribution >= 4 is 11.7 Å². The van der Waals surface area contributed by atoms with Crippen LogP contribution in [0, 0.1) is 20.8 Å². The molecule has 3 nitrogen and oxygen atoms in total. The number of carbonyl (C=O) groups excluding carboxylic acids is 1. The first-order valence-corrected chi connectivity index (χ1v) is 6.83. The molecule has 0 aliphatic carbocycles. The van der Waals surface area contributed by atoms with Crippen LogP contribution >= 0.6 is 0 Å². The molecule has 1 amide bonds. The summed E-state index contributed by atoms with van der Waals surface area (Å²) in [7, 11) is 0. The van der Waals surface area contributed by atoms with E-state index in [1.165, 1.54) is 16.7 Å². The summed E-state index contributed by atoms with van der Waals surface area (Å²) in [5, 5.41) is 2.74. The van der Waals surface area contributed by atoms with E-state index in [9.17, 15) is 4.79 Å². The van der Waals surface area contributed by atoms with Gasteiger partial charge in [0.2, 0.25) is 0 Å². The smallest absolute Gasteiger partial charge is 0.407 e. The monoisotopic (exact) mass is 275 g/mol. The summed E-state index contributed by atoms with van der Waals surface area (Å²) in [5.41, 5.74) is 5.13. The van der Waals surface area contributed by atoms with E-state index in [-0.39, 0.29) is 0 Å². The Bertz CT molecular complexity index is 525. The van der Waals surface area contributed by atoms with Gasteiger partial charge in [-0.1, -0.05) is 24.3 Å². The van der Waals surface area contributed by atoms with Crippen LogP contribution in [0.15, 0.2) is 18.7 Å². The van der Waals surface area contributed by atoms with Gasteiger partial charge >= 0.3 is 6.09 Å². The Morgan fingerprint density at radius 1 is 1.25 bits per heavy atom. The molecule has 1 aromatic rings. The van der Waals surface area contributed by atoms with E-state index in [1.54, 1.807) is 0 Å². The maximum atomic E-state index is 11.6. The average Bonchev–Trinajstić information content (AvgIpc) is 2.28. The van der Waals surface area contributed by atoms with Crippen LogP contribution in [0.1, 0.15) is 43.0 Å². The Morgan fingerprint density at radius 2 is 1.85 bits per heavy atom. The first-order chi connectivity index (χ1) is 9.10. The van der Waals surface area contributed by atoms with Crippen molar-refractivity contribution in [1.29, 1.82) is 0 Å². The van der Waals surface area contributed by atoms with Gasteiger partial charge in [-0.2, -0.15) is 0 Å². The fourth-order valence-electron chi connectivity index (χ4n) is 2.00. The lowest BCUT2D eigenvalue weighted by Gasteiger charge is -2.20. The SMILES string of the molecule is C=C(CNC(=O)OC(C)(C)C)c1cc(C)cc(C)c1C. The van der Waals surface area contributed by atoms with Crippen molar-refractivity contribution < 1.29 is 9.53 Å². The molecule has 3 heteroatoms. The molecule has 20 heavy (non-hydrogen) atoms. The number of aryl methyl sites for hydroxylation is 2. The van der Waals surface area contributed by atoms with E-state index in [1.807, 2.05) is 20.8 Å². The average molecular weight is 275 g/mol. The van der Waals surface area contributed by atoms with Crippen molar-refractivity contribution in [3.8, 4) is 0 Å². The summed E-state index contributed by atoms with van der Waals surface area (Å²) in [6, 6.07) is 4.24. The molecule has 0 aromatic heterocycles. The first-order valence-electron chi connectivity index (χ1n) is 6.83. The quantitative estimate of drug-likeness (QED) is 0.900. The topological polar surface area (TPSA) is 38.3 Å². The Hall–Kier alpha value is -1.77. The molecule has 0 radical (unpaired) electrons. The largest absolute Gasteiger partial charge is 0.444 e. The summed E-state index contributed by atoms with van der Waals surface area (Å²) >= 11 is 0. The van der Waals surface area contributed by atoms with Crippen molar-refractivity contribution in [2.24, 2.45) is 0 Å². The number of alkyl carbamates (subject to hydrolysis) is 1. The van der Waals surface area contributed by atoms with E-state index in [0.717, 1.165) is 11.1 Å². The van der Waals surface area contributed by atoms with Gasteiger partial charge in [-0.15, -0.1) is 0 Å². The van der Waals surface area contributed by atoms with E-state index >= 15 is 0 Å². The summed E-state index contributed by atoms with van der Waals surface area (Å²) < 4.78 is 5.21. The molecule has 0 fully saturated rings. The van der Waals surface area contributed by atoms with Crippen molar-refractivity contribution in [2.75, 3.05) is 6.54 Å². The van der Waals surface area contributed by atoms with E-state index < -0.39 is 11.7 Å². The second-order valence-electron chi connectivity index (χ2n) is 6.21. The molecule has 0 aliphatic rings. The fraction of sp³-hybridized carbons (Fsp3) is 0.471. The zero-order chi connectivity index (χ0) is 15.5. The number of benzene rings is 1. The lowest BCUT2D eigenvalue weighted by atomic mass is 9.95. The van der Waals surface area contributed by atoms with Gasteiger partial charge in [0.25, 0.3) is 0 Å². The molecular formula is C17H25NO2. The predicted octanol–water partition coefficient (Wildman–Crippen LogP) is 4.15. The van der Waals surface area contributed by atoms with E-state index in [0.29, 0.717) is 6.54 Å². The highest BCUT2D eigenvalue weighted by Gasteiger charge is 2.16. The number of nitrogens with one attached hydrogen (secondary N) is 1. The summed E-state index contributed by atoms with van der Waals surface area (Å²) in [6.07, 6.45) is -0.416. The Balaban J connectivity index is 2.71. The van der Waals surface area contributed by atoms with Gasteiger partial charge in [-0.25, -0.2) is 4.79 Å². The fourth-order valence-corrected chi connectivity index (χ4v) is 2.00. The van der Waals surface area contributed by atoms with Gasteiger partial charge in [-0.05, 0) is 63.8 Å². The van der Waals surface area contributed by atoms with Crippen LogP contribution in [0.25, 0.3) is 5.57 Å².